The molecular formula is C27H29N3O5S. The lowest BCUT2D eigenvalue weighted by Crippen LogP contribution is -2.38. The van der Waals surface area contributed by atoms with Crippen molar-refractivity contribution in [2.45, 2.75) is 31.6 Å². The summed E-state index contributed by atoms with van der Waals surface area (Å²) in [6.45, 7) is 4.44. The maximum absolute atomic E-state index is 13.6. The molecule has 9 heteroatoms. The van der Waals surface area contributed by atoms with Crippen molar-refractivity contribution in [2.24, 2.45) is 0 Å². The van der Waals surface area contributed by atoms with Gasteiger partial charge in [-0.1, -0.05) is 24.3 Å². The molecule has 1 saturated heterocycles. The summed E-state index contributed by atoms with van der Waals surface area (Å²) in [6.07, 6.45) is 1.30. The minimum atomic E-state index is -4.04. The monoisotopic (exact) mass is 507 g/mol. The smallest absolute Gasteiger partial charge is 0.264 e. The predicted molar refractivity (Wildman–Crippen MR) is 140 cm³/mol. The molecule has 0 unspecified atom stereocenters. The highest BCUT2D eigenvalue weighted by Gasteiger charge is 2.28. The van der Waals surface area contributed by atoms with Crippen molar-refractivity contribution in [3.63, 3.8) is 0 Å². The van der Waals surface area contributed by atoms with E-state index in [1.807, 2.05) is 19.9 Å². The largest absolute Gasteiger partial charge is 0.494 e. The Morgan fingerprint density at radius 2 is 1.78 bits per heavy atom. The van der Waals surface area contributed by atoms with Crippen molar-refractivity contribution in [2.75, 3.05) is 34.2 Å². The number of anilines is 3. The Balaban J connectivity index is 1.58. The number of carbonyl (C=O) groups excluding carboxylic acids is 2. The minimum absolute atomic E-state index is 0.0489. The highest BCUT2D eigenvalue weighted by atomic mass is 32.2. The van der Waals surface area contributed by atoms with E-state index in [9.17, 15) is 18.0 Å². The summed E-state index contributed by atoms with van der Waals surface area (Å²) in [5.74, 6) is 0.112. The van der Waals surface area contributed by atoms with Crippen molar-refractivity contribution >= 4 is 38.9 Å². The topological polar surface area (TPSA) is 96.0 Å². The molecule has 2 amide bonds. The normalized spacial score (nSPS) is 13.5. The van der Waals surface area contributed by atoms with Crippen LogP contribution in [0.25, 0.3) is 0 Å². The second-order valence-electron chi connectivity index (χ2n) is 8.45. The Labute approximate surface area is 211 Å². The molecule has 188 valence electrons. The number of carbonyl (C=O) groups is 2. The van der Waals surface area contributed by atoms with Gasteiger partial charge in [0.15, 0.2) is 0 Å². The number of amides is 2. The van der Waals surface area contributed by atoms with E-state index >= 15 is 0 Å². The van der Waals surface area contributed by atoms with Crippen LogP contribution in [0, 0.1) is 6.92 Å². The van der Waals surface area contributed by atoms with E-state index in [0.717, 1.165) is 22.0 Å². The average molecular weight is 508 g/mol. The molecule has 0 spiro atoms. The molecule has 1 heterocycles. The molecule has 36 heavy (non-hydrogen) atoms. The standard InChI is InChI=1S/C27H29N3O5S/c1-3-35-23-13-15-24(16-14-23)36(33,34)30(22-8-5-4-6-9-22)19-26(31)28-21-12-11-20(2)25(18-21)29-17-7-10-27(29)32/h4-6,8-9,11-16,18H,3,7,10,17,19H2,1-2H3,(H,28,31). The Hall–Kier alpha value is -3.85. The molecule has 0 bridgehead atoms. The maximum atomic E-state index is 13.6. The van der Waals surface area contributed by atoms with Gasteiger partial charge in [0.1, 0.15) is 12.3 Å². The second-order valence-corrected chi connectivity index (χ2v) is 10.3. The van der Waals surface area contributed by atoms with E-state index < -0.39 is 22.5 Å². The molecule has 1 fully saturated rings. The molecule has 4 rings (SSSR count). The summed E-state index contributed by atoms with van der Waals surface area (Å²) in [5.41, 5.74) is 2.53. The minimum Gasteiger partial charge on any atom is -0.494 e. The first-order chi connectivity index (χ1) is 17.3. The Kier molecular flexibility index (Phi) is 7.59. The Morgan fingerprint density at radius 3 is 2.42 bits per heavy atom. The molecule has 0 radical (unpaired) electrons. The molecule has 0 aromatic heterocycles. The van der Waals surface area contributed by atoms with E-state index in [0.29, 0.717) is 36.7 Å². The van der Waals surface area contributed by atoms with Crippen LogP contribution in [0.2, 0.25) is 0 Å². The van der Waals surface area contributed by atoms with Gasteiger partial charge in [-0.25, -0.2) is 8.42 Å². The third-order valence-electron chi connectivity index (χ3n) is 5.91. The fourth-order valence-corrected chi connectivity index (χ4v) is 5.54. The van der Waals surface area contributed by atoms with Gasteiger partial charge in [0.05, 0.1) is 17.2 Å². The summed E-state index contributed by atoms with van der Waals surface area (Å²) >= 11 is 0. The fourth-order valence-electron chi connectivity index (χ4n) is 4.12. The van der Waals surface area contributed by atoms with Gasteiger partial charge >= 0.3 is 0 Å². The lowest BCUT2D eigenvalue weighted by atomic mass is 10.1. The number of para-hydroxylation sites is 1. The summed E-state index contributed by atoms with van der Waals surface area (Å²) in [5, 5.41) is 2.79. The number of nitrogens with one attached hydrogen (secondary N) is 1. The third kappa shape index (κ3) is 5.52. The van der Waals surface area contributed by atoms with Crippen LogP contribution in [0.15, 0.2) is 77.7 Å². The molecule has 0 atom stereocenters. The predicted octanol–water partition coefficient (Wildman–Crippen LogP) is 4.35. The van der Waals surface area contributed by atoms with Crippen LogP contribution in [0.3, 0.4) is 0 Å². The van der Waals surface area contributed by atoms with Crippen LogP contribution in [0.1, 0.15) is 25.3 Å². The van der Waals surface area contributed by atoms with E-state index in [1.54, 1.807) is 59.5 Å². The van der Waals surface area contributed by atoms with Crippen LogP contribution < -0.4 is 19.3 Å². The number of rotatable bonds is 9. The number of benzene rings is 3. The Bertz CT molecular complexity index is 1340. The van der Waals surface area contributed by atoms with Crippen molar-refractivity contribution < 1.29 is 22.7 Å². The highest BCUT2D eigenvalue weighted by molar-refractivity contribution is 7.92. The van der Waals surface area contributed by atoms with Gasteiger partial charge in [-0.15, -0.1) is 0 Å². The number of sulfonamides is 1. The maximum Gasteiger partial charge on any atom is 0.264 e. The molecule has 1 aliphatic rings. The van der Waals surface area contributed by atoms with Gasteiger partial charge < -0.3 is 15.0 Å². The van der Waals surface area contributed by atoms with Gasteiger partial charge in [0, 0.05) is 24.3 Å². The lowest BCUT2D eigenvalue weighted by molar-refractivity contribution is -0.117. The molecule has 1 N–H and O–H groups in total. The molecular weight excluding hydrogens is 478 g/mol. The molecule has 0 aliphatic carbocycles. The molecule has 0 saturated carbocycles. The molecule has 8 nitrogen and oxygen atoms in total. The van der Waals surface area contributed by atoms with Crippen molar-refractivity contribution in [1.29, 1.82) is 0 Å². The number of ether oxygens (including phenoxy) is 1. The van der Waals surface area contributed by atoms with Crippen molar-refractivity contribution in [3.8, 4) is 5.75 Å². The van der Waals surface area contributed by atoms with E-state index in [4.69, 9.17) is 4.74 Å². The number of hydrogen-bond acceptors (Lipinski definition) is 5. The number of aryl methyl sites for hydroxylation is 1. The first-order valence-electron chi connectivity index (χ1n) is 11.8. The second kappa shape index (κ2) is 10.8. The molecule has 1 aliphatic heterocycles. The van der Waals surface area contributed by atoms with E-state index in [1.165, 1.54) is 12.1 Å². The zero-order valence-electron chi connectivity index (χ0n) is 20.3. The van der Waals surface area contributed by atoms with Gasteiger partial charge in [-0.05, 0) is 74.4 Å². The fraction of sp³-hybridized carbons (Fsp3) is 0.259. The number of nitrogens with zero attached hydrogens (tertiary/aromatic N) is 2. The van der Waals surface area contributed by atoms with Gasteiger partial charge in [-0.2, -0.15) is 0 Å². The van der Waals surface area contributed by atoms with Crippen LogP contribution in [-0.2, 0) is 19.6 Å². The van der Waals surface area contributed by atoms with Crippen molar-refractivity contribution in [1.82, 2.24) is 0 Å². The van der Waals surface area contributed by atoms with Crippen LogP contribution in [-0.4, -0.2) is 39.9 Å². The average Bonchev–Trinajstić information content (AvgIpc) is 3.30. The lowest BCUT2D eigenvalue weighted by Gasteiger charge is -2.24. The van der Waals surface area contributed by atoms with Crippen LogP contribution in [0.5, 0.6) is 5.75 Å². The Morgan fingerprint density at radius 1 is 1.06 bits per heavy atom. The first kappa shape index (κ1) is 25.2. The van der Waals surface area contributed by atoms with Gasteiger partial charge in [0.2, 0.25) is 11.8 Å². The van der Waals surface area contributed by atoms with Gasteiger partial charge in [-0.3, -0.25) is 13.9 Å². The zero-order valence-corrected chi connectivity index (χ0v) is 21.1. The highest BCUT2D eigenvalue weighted by Crippen LogP contribution is 2.29. The van der Waals surface area contributed by atoms with E-state index in [-0.39, 0.29) is 10.8 Å². The molecule has 3 aromatic carbocycles. The summed E-state index contributed by atoms with van der Waals surface area (Å²) in [6, 6.07) is 19.9. The van der Waals surface area contributed by atoms with Crippen LogP contribution >= 0.6 is 0 Å². The van der Waals surface area contributed by atoms with Crippen molar-refractivity contribution in [3.05, 3.63) is 78.4 Å². The first-order valence-corrected chi connectivity index (χ1v) is 13.2. The van der Waals surface area contributed by atoms with Gasteiger partial charge in [0.25, 0.3) is 10.0 Å². The zero-order chi connectivity index (χ0) is 25.7. The summed E-state index contributed by atoms with van der Waals surface area (Å²) in [7, 11) is -4.04. The van der Waals surface area contributed by atoms with Crippen LogP contribution in [0.4, 0.5) is 17.1 Å². The SMILES string of the molecule is CCOc1ccc(S(=O)(=O)N(CC(=O)Nc2ccc(C)c(N3CCCC3=O)c2)c2ccccc2)cc1. The quantitative estimate of drug-likeness (QED) is 0.464. The molecule has 3 aromatic rings. The summed E-state index contributed by atoms with van der Waals surface area (Å²) in [4.78, 5) is 27.1. The third-order valence-corrected chi connectivity index (χ3v) is 7.70. The van der Waals surface area contributed by atoms with E-state index in [2.05, 4.69) is 5.32 Å². The summed E-state index contributed by atoms with van der Waals surface area (Å²) < 4.78 is 33.6. The number of hydrogen-bond donors (Lipinski definition) is 1.